The van der Waals surface area contributed by atoms with Crippen LogP contribution >= 0.6 is 12.4 Å². The summed E-state index contributed by atoms with van der Waals surface area (Å²) < 4.78 is 18.3. The molecule has 1 aromatic carbocycles. The zero-order valence-electron chi connectivity index (χ0n) is 12.9. The maximum absolute atomic E-state index is 12.8. The van der Waals surface area contributed by atoms with E-state index in [4.69, 9.17) is 4.74 Å². The predicted octanol–water partition coefficient (Wildman–Crippen LogP) is 2.62. The average Bonchev–Trinajstić information content (AvgIpc) is 2.52. The Hall–Kier alpha value is -1.33. The van der Waals surface area contributed by atoms with Crippen molar-refractivity contribution in [3.05, 3.63) is 30.1 Å². The lowest BCUT2D eigenvalue weighted by atomic mass is 10.0. The van der Waals surface area contributed by atoms with E-state index in [1.165, 1.54) is 24.3 Å². The molecule has 4 nitrogen and oxygen atoms in total. The van der Waals surface area contributed by atoms with E-state index >= 15 is 0 Å². The smallest absolute Gasteiger partial charge is 0.260 e. The minimum absolute atomic E-state index is 0. The van der Waals surface area contributed by atoms with Crippen molar-refractivity contribution in [1.82, 2.24) is 10.2 Å². The number of amides is 1. The first kappa shape index (κ1) is 18.7. The molecule has 0 unspecified atom stereocenters. The third-order valence-electron chi connectivity index (χ3n) is 3.71. The van der Waals surface area contributed by atoms with Gasteiger partial charge in [-0.1, -0.05) is 6.92 Å². The maximum atomic E-state index is 12.8. The molecule has 1 aliphatic heterocycles. The third kappa shape index (κ3) is 5.46. The molecule has 1 amide bonds. The topological polar surface area (TPSA) is 41.6 Å². The van der Waals surface area contributed by atoms with E-state index in [0.29, 0.717) is 11.8 Å². The molecule has 0 spiro atoms. The van der Waals surface area contributed by atoms with Gasteiger partial charge in [-0.2, -0.15) is 0 Å². The van der Waals surface area contributed by atoms with Gasteiger partial charge in [0.25, 0.3) is 5.91 Å². The van der Waals surface area contributed by atoms with Crippen LogP contribution < -0.4 is 10.1 Å². The fraction of sp³-hybridized carbons (Fsp3) is 0.562. The molecular weight excluding hydrogens is 307 g/mol. The number of halogens is 2. The van der Waals surface area contributed by atoms with E-state index < -0.39 is 0 Å². The lowest BCUT2D eigenvalue weighted by molar-refractivity contribution is -0.136. The van der Waals surface area contributed by atoms with Gasteiger partial charge in [0.05, 0.1) is 0 Å². The lowest BCUT2D eigenvalue weighted by Gasteiger charge is -2.34. The van der Waals surface area contributed by atoms with Crippen LogP contribution in [0.2, 0.25) is 0 Å². The van der Waals surface area contributed by atoms with Gasteiger partial charge in [0.2, 0.25) is 0 Å². The molecule has 0 bridgehead atoms. The van der Waals surface area contributed by atoms with Crippen LogP contribution in [0.15, 0.2) is 24.3 Å². The van der Waals surface area contributed by atoms with Crippen molar-refractivity contribution in [2.75, 3.05) is 26.2 Å². The monoisotopic (exact) mass is 330 g/mol. The molecular formula is C16H24ClFN2O2. The summed E-state index contributed by atoms with van der Waals surface area (Å²) >= 11 is 0. The number of ether oxygens (including phenoxy) is 1. The molecule has 6 heteroatoms. The highest BCUT2D eigenvalue weighted by molar-refractivity contribution is 5.85. The Labute approximate surface area is 137 Å². The molecule has 1 aromatic rings. The molecule has 1 saturated heterocycles. The summed E-state index contributed by atoms with van der Waals surface area (Å²) in [6, 6.07) is 6.04. The standard InChI is InChI=1S/C16H23FN2O2.ClH/c1-2-11-19(14-7-9-18-10-8-14)16(20)12-21-15-5-3-13(17)4-6-15;/h3-6,14,18H,2,7-12H2,1H3;1H. The van der Waals surface area contributed by atoms with Crippen LogP contribution in [-0.2, 0) is 4.79 Å². The zero-order valence-corrected chi connectivity index (χ0v) is 13.7. The number of benzene rings is 1. The van der Waals surface area contributed by atoms with Gasteiger partial charge in [0, 0.05) is 12.6 Å². The summed E-state index contributed by atoms with van der Waals surface area (Å²) in [5.74, 6) is 0.218. The Morgan fingerprint density at radius 2 is 1.95 bits per heavy atom. The maximum Gasteiger partial charge on any atom is 0.260 e. The number of hydrogen-bond donors (Lipinski definition) is 1. The van der Waals surface area contributed by atoms with Crippen LogP contribution in [0, 0.1) is 5.82 Å². The van der Waals surface area contributed by atoms with E-state index in [1.54, 1.807) is 0 Å². The van der Waals surface area contributed by atoms with Crippen molar-refractivity contribution in [1.29, 1.82) is 0 Å². The van der Waals surface area contributed by atoms with Gasteiger partial charge in [-0.05, 0) is 56.6 Å². The number of nitrogens with zero attached hydrogens (tertiary/aromatic N) is 1. The second kappa shape index (κ2) is 9.64. The van der Waals surface area contributed by atoms with E-state index in [-0.39, 0.29) is 30.7 Å². The third-order valence-corrected chi connectivity index (χ3v) is 3.71. The fourth-order valence-corrected chi connectivity index (χ4v) is 2.63. The molecule has 124 valence electrons. The molecule has 0 radical (unpaired) electrons. The van der Waals surface area contributed by atoms with Crippen LogP contribution in [-0.4, -0.2) is 43.1 Å². The Kier molecular flexibility index (Phi) is 8.20. The van der Waals surface area contributed by atoms with Crippen LogP contribution in [0.1, 0.15) is 26.2 Å². The molecule has 1 N–H and O–H groups in total. The van der Waals surface area contributed by atoms with E-state index in [2.05, 4.69) is 12.2 Å². The minimum Gasteiger partial charge on any atom is -0.484 e. The van der Waals surface area contributed by atoms with Gasteiger partial charge < -0.3 is 15.0 Å². The Balaban J connectivity index is 0.00000242. The molecule has 22 heavy (non-hydrogen) atoms. The van der Waals surface area contributed by atoms with Crippen LogP contribution in [0.5, 0.6) is 5.75 Å². The Bertz CT molecular complexity index is 450. The second-order valence-electron chi connectivity index (χ2n) is 5.31. The number of nitrogens with one attached hydrogen (secondary N) is 1. The fourth-order valence-electron chi connectivity index (χ4n) is 2.63. The van der Waals surface area contributed by atoms with Crippen LogP contribution in [0.25, 0.3) is 0 Å². The molecule has 1 heterocycles. The van der Waals surface area contributed by atoms with Gasteiger partial charge in [0.1, 0.15) is 11.6 Å². The Morgan fingerprint density at radius 3 is 2.55 bits per heavy atom. The highest BCUT2D eigenvalue weighted by atomic mass is 35.5. The summed E-state index contributed by atoms with van der Waals surface area (Å²) in [5, 5.41) is 3.31. The van der Waals surface area contributed by atoms with Crippen molar-refractivity contribution in [3.63, 3.8) is 0 Å². The van der Waals surface area contributed by atoms with Crippen molar-refractivity contribution in [2.45, 2.75) is 32.2 Å². The summed E-state index contributed by atoms with van der Waals surface area (Å²) in [6.07, 6.45) is 2.91. The van der Waals surface area contributed by atoms with Gasteiger partial charge in [-0.15, -0.1) is 12.4 Å². The normalized spacial score (nSPS) is 15.0. The molecule has 2 rings (SSSR count). The predicted molar refractivity (Wildman–Crippen MR) is 87.0 cm³/mol. The van der Waals surface area contributed by atoms with Crippen molar-refractivity contribution in [2.24, 2.45) is 0 Å². The largest absolute Gasteiger partial charge is 0.484 e. The number of carbonyl (C=O) groups excluding carboxylic acids is 1. The Morgan fingerprint density at radius 1 is 1.32 bits per heavy atom. The van der Waals surface area contributed by atoms with Crippen LogP contribution in [0.4, 0.5) is 4.39 Å². The number of rotatable bonds is 6. The van der Waals surface area contributed by atoms with E-state index in [9.17, 15) is 9.18 Å². The molecule has 1 aliphatic rings. The zero-order chi connectivity index (χ0) is 15.1. The van der Waals surface area contributed by atoms with E-state index in [0.717, 1.165) is 38.9 Å². The number of carbonyl (C=O) groups is 1. The quantitative estimate of drug-likeness (QED) is 0.871. The number of piperidine rings is 1. The molecule has 0 atom stereocenters. The second-order valence-corrected chi connectivity index (χ2v) is 5.31. The van der Waals surface area contributed by atoms with E-state index in [1.807, 2.05) is 4.90 Å². The van der Waals surface area contributed by atoms with Gasteiger partial charge in [-0.3, -0.25) is 4.79 Å². The van der Waals surface area contributed by atoms with Crippen molar-refractivity contribution >= 4 is 18.3 Å². The minimum atomic E-state index is -0.309. The lowest BCUT2D eigenvalue weighted by Crippen LogP contribution is -2.48. The molecule has 0 aromatic heterocycles. The summed E-state index contributed by atoms with van der Waals surface area (Å²) in [5.41, 5.74) is 0. The number of hydrogen-bond acceptors (Lipinski definition) is 3. The molecule has 1 fully saturated rings. The summed E-state index contributed by atoms with van der Waals surface area (Å²) in [6.45, 7) is 4.75. The highest BCUT2D eigenvalue weighted by Gasteiger charge is 2.24. The first-order valence-corrected chi connectivity index (χ1v) is 7.59. The first-order chi connectivity index (χ1) is 10.2. The SMILES string of the molecule is CCCN(C(=O)COc1ccc(F)cc1)C1CCNCC1.Cl. The highest BCUT2D eigenvalue weighted by Crippen LogP contribution is 2.15. The summed E-state index contributed by atoms with van der Waals surface area (Å²) in [4.78, 5) is 14.3. The first-order valence-electron chi connectivity index (χ1n) is 7.59. The van der Waals surface area contributed by atoms with Gasteiger partial charge in [-0.25, -0.2) is 4.39 Å². The van der Waals surface area contributed by atoms with Crippen molar-refractivity contribution < 1.29 is 13.9 Å². The average molecular weight is 331 g/mol. The van der Waals surface area contributed by atoms with Crippen molar-refractivity contribution in [3.8, 4) is 5.75 Å². The summed E-state index contributed by atoms with van der Waals surface area (Å²) in [7, 11) is 0. The van der Waals surface area contributed by atoms with Crippen LogP contribution in [0.3, 0.4) is 0 Å². The van der Waals surface area contributed by atoms with Gasteiger partial charge >= 0.3 is 0 Å². The molecule has 0 saturated carbocycles. The van der Waals surface area contributed by atoms with Gasteiger partial charge in [0.15, 0.2) is 6.61 Å². The molecule has 0 aliphatic carbocycles.